The molecule has 0 aliphatic rings. The second-order valence-electron chi connectivity index (χ2n) is 4.78. The average Bonchev–Trinajstić information content (AvgIpc) is 2.58. The van der Waals surface area contributed by atoms with E-state index >= 15 is 0 Å². The zero-order chi connectivity index (χ0) is 17.5. The molecule has 0 radical (unpaired) electrons. The van der Waals surface area contributed by atoms with Crippen LogP contribution in [0.5, 0.6) is 11.5 Å². The summed E-state index contributed by atoms with van der Waals surface area (Å²) in [5.74, 6) is -0.0393. The van der Waals surface area contributed by atoms with Crippen LogP contribution in [0.1, 0.15) is 10.4 Å². The van der Waals surface area contributed by atoms with Gasteiger partial charge in [0.1, 0.15) is 17.1 Å². The van der Waals surface area contributed by atoms with E-state index in [4.69, 9.17) is 9.47 Å². The minimum Gasteiger partial charge on any atom is -0.496 e. The highest BCUT2D eigenvalue weighted by molar-refractivity contribution is 9.10. The number of methoxy groups -OCH3 is 2. The molecule has 2 N–H and O–H groups in total. The van der Waals surface area contributed by atoms with Crippen LogP contribution in [0.2, 0.25) is 0 Å². The fourth-order valence-corrected chi connectivity index (χ4v) is 2.49. The van der Waals surface area contributed by atoms with Gasteiger partial charge in [-0.25, -0.2) is 0 Å². The predicted octanol–water partition coefficient (Wildman–Crippen LogP) is 2.83. The first kappa shape index (κ1) is 17.8. The molecule has 24 heavy (non-hydrogen) atoms. The van der Waals surface area contributed by atoms with Crippen LogP contribution in [0.25, 0.3) is 0 Å². The molecular formula is C17H17BrN2O4. The molecule has 0 unspecified atom stereocenters. The molecule has 2 amide bonds. The number of nitrogens with one attached hydrogen (secondary N) is 2. The fourth-order valence-electron chi connectivity index (χ4n) is 2.10. The highest BCUT2D eigenvalue weighted by atomic mass is 79.9. The first-order valence-corrected chi connectivity index (χ1v) is 7.89. The van der Waals surface area contributed by atoms with E-state index in [0.29, 0.717) is 17.2 Å². The molecule has 0 spiro atoms. The molecule has 7 heteroatoms. The molecule has 0 fully saturated rings. The van der Waals surface area contributed by atoms with Crippen molar-refractivity contribution in [1.82, 2.24) is 5.32 Å². The molecule has 0 aliphatic heterocycles. The Kier molecular flexibility index (Phi) is 6.20. The number of hydrogen-bond acceptors (Lipinski definition) is 4. The lowest BCUT2D eigenvalue weighted by molar-refractivity contribution is -0.115. The van der Waals surface area contributed by atoms with Crippen molar-refractivity contribution >= 4 is 33.4 Å². The molecule has 0 bridgehead atoms. The Morgan fingerprint density at radius 1 is 1.04 bits per heavy atom. The summed E-state index contributed by atoms with van der Waals surface area (Å²) >= 11 is 3.33. The normalized spacial score (nSPS) is 9.96. The van der Waals surface area contributed by atoms with Gasteiger partial charge in [-0.2, -0.15) is 0 Å². The molecule has 2 aromatic carbocycles. The van der Waals surface area contributed by atoms with Crippen molar-refractivity contribution < 1.29 is 19.1 Å². The molecule has 2 rings (SSSR count). The summed E-state index contributed by atoms with van der Waals surface area (Å²) in [4.78, 5) is 24.3. The highest BCUT2D eigenvalue weighted by Crippen LogP contribution is 2.27. The topological polar surface area (TPSA) is 76.7 Å². The monoisotopic (exact) mass is 392 g/mol. The zero-order valence-corrected chi connectivity index (χ0v) is 14.8. The lowest BCUT2D eigenvalue weighted by Crippen LogP contribution is -2.33. The minimum atomic E-state index is -0.450. The molecule has 0 aromatic heterocycles. The Morgan fingerprint density at radius 3 is 2.25 bits per heavy atom. The number of ether oxygens (including phenoxy) is 2. The maximum atomic E-state index is 12.4. The smallest absolute Gasteiger partial charge is 0.259 e. The van der Waals surface area contributed by atoms with E-state index in [0.717, 1.165) is 4.47 Å². The summed E-state index contributed by atoms with van der Waals surface area (Å²) < 4.78 is 11.2. The zero-order valence-electron chi connectivity index (χ0n) is 13.3. The largest absolute Gasteiger partial charge is 0.496 e. The Balaban J connectivity index is 2.02. The van der Waals surface area contributed by atoms with Gasteiger partial charge in [0.25, 0.3) is 5.91 Å². The van der Waals surface area contributed by atoms with Crippen LogP contribution in [-0.2, 0) is 4.79 Å². The van der Waals surface area contributed by atoms with Gasteiger partial charge in [0.2, 0.25) is 5.91 Å². The number of amides is 2. The van der Waals surface area contributed by atoms with Crippen LogP contribution in [0.15, 0.2) is 46.9 Å². The van der Waals surface area contributed by atoms with Crippen LogP contribution in [0.3, 0.4) is 0 Å². The van der Waals surface area contributed by atoms with Crippen LogP contribution >= 0.6 is 15.9 Å². The summed E-state index contributed by atoms with van der Waals surface area (Å²) in [6.45, 7) is -0.174. The molecule has 0 atom stereocenters. The Bertz CT molecular complexity index is 727. The lowest BCUT2D eigenvalue weighted by Gasteiger charge is -2.13. The summed E-state index contributed by atoms with van der Waals surface area (Å²) in [5.41, 5.74) is 0.885. The summed E-state index contributed by atoms with van der Waals surface area (Å²) in [7, 11) is 2.93. The van der Waals surface area contributed by atoms with Crippen molar-refractivity contribution in [2.24, 2.45) is 0 Å². The first-order chi connectivity index (χ1) is 11.5. The third kappa shape index (κ3) is 4.48. The molecular weight excluding hydrogens is 376 g/mol. The number of carbonyl (C=O) groups is 2. The second-order valence-corrected chi connectivity index (χ2v) is 5.69. The van der Waals surface area contributed by atoms with Gasteiger partial charge in [0.15, 0.2) is 0 Å². The molecule has 0 heterocycles. The van der Waals surface area contributed by atoms with Gasteiger partial charge >= 0.3 is 0 Å². The van der Waals surface area contributed by atoms with Crippen LogP contribution < -0.4 is 20.1 Å². The Labute approximate surface area is 148 Å². The van der Waals surface area contributed by atoms with Crippen molar-refractivity contribution in [3.05, 3.63) is 52.5 Å². The number of halogens is 1. The number of benzene rings is 2. The first-order valence-electron chi connectivity index (χ1n) is 7.09. The van der Waals surface area contributed by atoms with Crippen molar-refractivity contribution in [2.45, 2.75) is 0 Å². The van der Waals surface area contributed by atoms with Crippen LogP contribution in [0.4, 0.5) is 5.69 Å². The van der Waals surface area contributed by atoms with Gasteiger partial charge < -0.3 is 20.1 Å². The van der Waals surface area contributed by atoms with Crippen LogP contribution in [0, 0.1) is 0 Å². The highest BCUT2D eigenvalue weighted by Gasteiger charge is 2.18. The minimum absolute atomic E-state index is 0.174. The number of carbonyl (C=O) groups excluding carboxylic acids is 2. The van der Waals surface area contributed by atoms with E-state index in [-0.39, 0.29) is 18.0 Å². The van der Waals surface area contributed by atoms with Gasteiger partial charge in [-0.05, 0) is 30.3 Å². The van der Waals surface area contributed by atoms with E-state index in [1.54, 1.807) is 36.4 Å². The molecule has 2 aromatic rings. The third-order valence-electron chi connectivity index (χ3n) is 3.17. The summed E-state index contributed by atoms with van der Waals surface area (Å²) in [6, 6.07) is 12.2. The van der Waals surface area contributed by atoms with Crippen molar-refractivity contribution in [1.29, 1.82) is 0 Å². The molecule has 0 aliphatic carbocycles. The molecule has 0 saturated carbocycles. The van der Waals surface area contributed by atoms with Crippen molar-refractivity contribution in [3.8, 4) is 11.5 Å². The van der Waals surface area contributed by atoms with Gasteiger partial charge in [-0.15, -0.1) is 0 Å². The Morgan fingerprint density at radius 2 is 1.67 bits per heavy atom. The van der Waals surface area contributed by atoms with Gasteiger partial charge in [-0.3, -0.25) is 9.59 Å². The maximum absolute atomic E-state index is 12.4. The number of hydrogen-bond donors (Lipinski definition) is 2. The Hall–Kier alpha value is -2.54. The van der Waals surface area contributed by atoms with Crippen LogP contribution in [-0.4, -0.2) is 32.6 Å². The van der Waals surface area contributed by atoms with E-state index in [1.165, 1.54) is 14.2 Å². The molecule has 126 valence electrons. The predicted molar refractivity (Wildman–Crippen MR) is 94.7 cm³/mol. The summed E-state index contributed by atoms with van der Waals surface area (Å²) in [5, 5.41) is 5.26. The lowest BCUT2D eigenvalue weighted by atomic mass is 10.1. The molecule has 6 nitrogen and oxygen atoms in total. The number of anilines is 1. The maximum Gasteiger partial charge on any atom is 0.259 e. The van der Waals surface area contributed by atoms with Crippen molar-refractivity contribution in [3.63, 3.8) is 0 Å². The third-order valence-corrected chi connectivity index (χ3v) is 3.67. The quantitative estimate of drug-likeness (QED) is 0.792. The van der Waals surface area contributed by atoms with E-state index in [1.807, 2.05) is 6.07 Å². The van der Waals surface area contributed by atoms with E-state index < -0.39 is 5.91 Å². The van der Waals surface area contributed by atoms with Crippen molar-refractivity contribution in [2.75, 3.05) is 26.1 Å². The van der Waals surface area contributed by atoms with Gasteiger partial charge in [0.05, 0.1) is 20.8 Å². The standard InChI is InChI=1S/C17H17BrN2O4/c1-23-13-7-4-8-14(24-2)16(13)17(22)19-10-15(21)20-12-6-3-5-11(18)9-12/h3-9H,10H2,1-2H3,(H,19,22)(H,20,21). The SMILES string of the molecule is COc1cccc(OC)c1C(=O)NCC(=O)Nc1cccc(Br)c1. The fraction of sp³-hybridized carbons (Fsp3) is 0.176. The van der Waals surface area contributed by atoms with Gasteiger partial charge in [0, 0.05) is 10.2 Å². The average molecular weight is 393 g/mol. The van der Waals surface area contributed by atoms with E-state index in [9.17, 15) is 9.59 Å². The summed E-state index contributed by atoms with van der Waals surface area (Å²) in [6.07, 6.45) is 0. The number of rotatable bonds is 6. The van der Waals surface area contributed by atoms with Gasteiger partial charge in [-0.1, -0.05) is 28.1 Å². The van der Waals surface area contributed by atoms with E-state index in [2.05, 4.69) is 26.6 Å². The second kappa shape index (κ2) is 8.35. The molecule has 0 saturated heterocycles.